The van der Waals surface area contributed by atoms with Crippen molar-refractivity contribution < 1.29 is 23.8 Å². The van der Waals surface area contributed by atoms with E-state index in [1.54, 1.807) is 19.1 Å². The fourth-order valence-electron chi connectivity index (χ4n) is 6.14. The Morgan fingerprint density at radius 1 is 1.18 bits per heavy atom. The van der Waals surface area contributed by atoms with Crippen LogP contribution >= 0.6 is 11.6 Å². The van der Waals surface area contributed by atoms with Crippen LogP contribution in [0.2, 0.25) is 5.02 Å². The van der Waals surface area contributed by atoms with Gasteiger partial charge in [-0.3, -0.25) is 9.69 Å². The molecule has 2 aromatic carbocycles. The van der Waals surface area contributed by atoms with Crippen molar-refractivity contribution in [3.63, 3.8) is 0 Å². The second-order valence-corrected chi connectivity index (χ2v) is 11.3. The van der Waals surface area contributed by atoms with Crippen LogP contribution in [0.3, 0.4) is 0 Å². The number of fused-ring (bicyclic) bond motifs is 1. The third kappa shape index (κ3) is 4.82. The molecule has 3 aromatic rings. The van der Waals surface area contributed by atoms with Crippen molar-refractivity contribution >= 4 is 23.3 Å². The summed E-state index contributed by atoms with van der Waals surface area (Å²) in [6.45, 7) is 5.74. The largest absolute Gasteiger partial charge is 0.481 e. The third-order valence-electron chi connectivity index (χ3n) is 8.38. The van der Waals surface area contributed by atoms with Gasteiger partial charge in [0.05, 0.1) is 23.7 Å². The summed E-state index contributed by atoms with van der Waals surface area (Å²) < 4.78 is 29.3. The second-order valence-electron chi connectivity index (χ2n) is 10.8. The number of hydrogen-bond donors (Lipinski definition) is 1. The lowest BCUT2D eigenvalue weighted by Gasteiger charge is -2.36. The number of carboxylic acid groups (broad SMARTS) is 1. The van der Waals surface area contributed by atoms with Crippen molar-refractivity contribution in [2.24, 2.45) is 13.0 Å². The number of hydrogen-bond acceptors (Lipinski definition) is 6. The highest BCUT2D eigenvalue weighted by atomic mass is 35.5. The molecule has 0 bridgehead atoms. The number of halogens is 2. The van der Waals surface area contributed by atoms with E-state index in [4.69, 9.17) is 26.1 Å². The van der Waals surface area contributed by atoms with E-state index >= 15 is 0 Å². The maximum absolute atomic E-state index is 14.7. The number of carbonyl (C=O) groups is 1. The second kappa shape index (κ2) is 10.0. The van der Waals surface area contributed by atoms with Gasteiger partial charge >= 0.3 is 5.97 Å². The molecule has 2 fully saturated rings. The van der Waals surface area contributed by atoms with Crippen molar-refractivity contribution in [1.82, 2.24) is 14.5 Å². The molecule has 6 rings (SSSR count). The quantitative estimate of drug-likeness (QED) is 0.451. The predicted octanol–water partition coefficient (Wildman–Crippen LogP) is 5.15. The van der Waals surface area contributed by atoms with E-state index in [9.17, 15) is 14.3 Å². The van der Waals surface area contributed by atoms with E-state index in [0.717, 1.165) is 62.8 Å². The standard InChI is InChI=1S/C29H32ClFN4O4/c1-29(21-9-8-20(30)15-22(21)31)38-25-5-3-4-23(27(25)39-29)35-12-10-34(11-13-35)17-26-32-16-24(33(26)2)18-6-7-19(14-18)28(36)37/h3-5,8-9,15-16,18-19H,6-7,10-14,17H2,1-2H3,(H,36,37). The van der Waals surface area contributed by atoms with Gasteiger partial charge in [0.2, 0.25) is 0 Å². The van der Waals surface area contributed by atoms with Gasteiger partial charge in [-0.1, -0.05) is 17.7 Å². The number of nitrogens with zero attached hydrogens (tertiary/aromatic N) is 4. The van der Waals surface area contributed by atoms with E-state index in [1.807, 2.05) is 31.4 Å². The van der Waals surface area contributed by atoms with Gasteiger partial charge in [-0.2, -0.15) is 0 Å². The normalized spacial score (nSPS) is 24.9. The first-order valence-corrected chi connectivity index (χ1v) is 13.8. The van der Waals surface area contributed by atoms with Crippen LogP contribution in [0, 0.1) is 11.7 Å². The highest BCUT2D eigenvalue weighted by Gasteiger charge is 2.43. The third-order valence-corrected chi connectivity index (χ3v) is 8.61. The minimum absolute atomic E-state index is 0.252. The van der Waals surface area contributed by atoms with Crippen molar-refractivity contribution in [1.29, 1.82) is 0 Å². The Bertz CT molecular complexity index is 1410. The van der Waals surface area contributed by atoms with Crippen molar-refractivity contribution in [2.75, 3.05) is 31.1 Å². The predicted molar refractivity (Wildman–Crippen MR) is 145 cm³/mol. The van der Waals surface area contributed by atoms with E-state index in [1.165, 1.54) is 6.07 Å². The topological polar surface area (TPSA) is 80.1 Å². The van der Waals surface area contributed by atoms with Crippen molar-refractivity contribution in [2.45, 2.75) is 44.4 Å². The van der Waals surface area contributed by atoms with Crippen LogP contribution in [-0.2, 0) is 24.2 Å². The molecule has 3 atom stereocenters. The Labute approximate surface area is 231 Å². The molecule has 206 valence electrons. The number of anilines is 1. The van der Waals surface area contributed by atoms with Crippen LogP contribution in [0.5, 0.6) is 11.5 Å². The summed E-state index contributed by atoms with van der Waals surface area (Å²) in [7, 11) is 2.03. The minimum atomic E-state index is -1.28. The molecule has 0 amide bonds. The zero-order valence-electron chi connectivity index (χ0n) is 22.1. The average Bonchev–Trinajstić information content (AvgIpc) is 3.61. The molecule has 0 radical (unpaired) electrons. The highest BCUT2D eigenvalue weighted by Crippen LogP contribution is 2.50. The Morgan fingerprint density at radius 2 is 1.97 bits per heavy atom. The number of aliphatic carboxylic acids is 1. The molecular weight excluding hydrogens is 523 g/mol. The van der Waals surface area contributed by atoms with Crippen LogP contribution < -0.4 is 14.4 Å². The van der Waals surface area contributed by atoms with E-state index in [0.29, 0.717) is 28.5 Å². The number of carboxylic acids is 1. The molecule has 1 aliphatic carbocycles. The molecule has 1 N–H and O–H groups in total. The van der Waals surface area contributed by atoms with Crippen molar-refractivity contribution in [3.05, 3.63) is 70.5 Å². The molecule has 8 nitrogen and oxygen atoms in total. The summed E-state index contributed by atoms with van der Waals surface area (Å²) in [5, 5.41) is 9.68. The molecule has 39 heavy (non-hydrogen) atoms. The first kappa shape index (κ1) is 26.0. The zero-order chi connectivity index (χ0) is 27.3. The van der Waals surface area contributed by atoms with Crippen LogP contribution in [0.1, 0.15) is 49.2 Å². The lowest BCUT2D eigenvalue weighted by molar-refractivity contribution is -0.141. The van der Waals surface area contributed by atoms with Crippen molar-refractivity contribution in [3.8, 4) is 11.5 Å². The molecule has 0 spiro atoms. The van der Waals surface area contributed by atoms with Gasteiger partial charge in [-0.15, -0.1) is 0 Å². The van der Waals surface area contributed by atoms with Gasteiger partial charge in [0.15, 0.2) is 11.5 Å². The summed E-state index contributed by atoms with van der Waals surface area (Å²) in [5.41, 5.74) is 2.35. The minimum Gasteiger partial charge on any atom is -0.481 e. The van der Waals surface area contributed by atoms with Gasteiger partial charge in [0.25, 0.3) is 5.79 Å². The Balaban J connectivity index is 1.11. The number of aromatic nitrogens is 2. The van der Waals surface area contributed by atoms with Crippen LogP contribution in [-0.4, -0.2) is 51.7 Å². The van der Waals surface area contributed by atoms with Crippen LogP contribution in [0.25, 0.3) is 0 Å². The molecule has 10 heteroatoms. The summed E-state index contributed by atoms with van der Waals surface area (Å²) in [6, 6.07) is 10.3. The number of para-hydroxylation sites is 1. The Kier molecular flexibility index (Phi) is 6.67. The van der Waals surface area contributed by atoms with Gasteiger partial charge in [-0.05, 0) is 49.6 Å². The SMILES string of the molecule is Cn1c(C2CCC(C(=O)O)C2)cnc1CN1CCN(c2cccc3c2OC(C)(c2ccc(Cl)cc2F)O3)CC1. The Hall–Kier alpha value is -3.30. The molecule has 2 aliphatic heterocycles. The van der Waals surface area contributed by atoms with Crippen LogP contribution in [0.4, 0.5) is 10.1 Å². The number of piperazine rings is 1. The van der Waals surface area contributed by atoms with E-state index in [-0.39, 0.29) is 11.8 Å². The first-order chi connectivity index (χ1) is 18.7. The van der Waals surface area contributed by atoms with E-state index < -0.39 is 17.6 Å². The zero-order valence-corrected chi connectivity index (χ0v) is 22.8. The van der Waals surface area contributed by atoms with Gasteiger partial charge < -0.3 is 24.0 Å². The monoisotopic (exact) mass is 554 g/mol. The molecule has 3 heterocycles. The smallest absolute Gasteiger partial charge is 0.306 e. The van der Waals surface area contributed by atoms with Gasteiger partial charge in [-0.25, -0.2) is 9.37 Å². The summed E-state index contributed by atoms with van der Waals surface area (Å²) >= 11 is 5.95. The highest BCUT2D eigenvalue weighted by molar-refractivity contribution is 6.30. The summed E-state index contributed by atoms with van der Waals surface area (Å²) in [5.74, 6) is -0.246. The first-order valence-electron chi connectivity index (χ1n) is 13.4. The summed E-state index contributed by atoms with van der Waals surface area (Å²) in [4.78, 5) is 20.7. The average molecular weight is 555 g/mol. The van der Waals surface area contributed by atoms with Crippen LogP contribution in [0.15, 0.2) is 42.6 Å². The number of benzene rings is 2. The lowest BCUT2D eigenvalue weighted by atomic mass is 10.0. The molecular formula is C29H32ClFN4O4. The van der Waals surface area contributed by atoms with E-state index in [2.05, 4.69) is 14.4 Å². The number of rotatable bonds is 6. The number of imidazole rings is 1. The fourth-order valence-corrected chi connectivity index (χ4v) is 6.30. The molecule has 3 unspecified atom stereocenters. The maximum atomic E-state index is 14.7. The molecule has 1 saturated heterocycles. The lowest BCUT2D eigenvalue weighted by Crippen LogP contribution is -2.46. The van der Waals surface area contributed by atoms with Gasteiger partial charge in [0, 0.05) is 63.0 Å². The maximum Gasteiger partial charge on any atom is 0.306 e. The molecule has 3 aliphatic rings. The number of ether oxygens (including phenoxy) is 2. The summed E-state index contributed by atoms with van der Waals surface area (Å²) in [6.07, 6.45) is 4.23. The molecule has 1 saturated carbocycles. The van der Waals surface area contributed by atoms with Gasteiger partial charge in [0.1, 0.15) is 11.6 Å². The fraction of sp³-hybridized carbons (Fsp3) is 0.448. The Morgan fingerprint density at radius 3 is 2.69 bits per heavy atom. The molecule has 1 aromatic heterocycles.